The van der Waals surface area contributed by atoms with Gasteiger partial charge in [0.2, 0.25) is 0 Å². The minimum atomic E-state index is -0.949. The molecule has 0 N–H and O–H groups in total. The number of hydrogen-bond acceptors (Lipinski definition) is 2. The van der Waals surface area contributed by atoms with Crippen LogP contribution in [0.15, 0.2) is 42.5 Å². The molecule has 1 atom stereocenters. The zero-order valence-electron chi connectivity index (χ0n) is 10.7. The van der Waals surface area contributed by atoms with Crippen molar-refractivity contribution in [1.82, 2.24) is 0 Å². The van der Waals surface area contributed by atoms with Gasteiger partial charge in [-0.2, -0.15) is 5.26 Å². The molecule has 0 heterocycles. The van der Waals surface area contributed by atoms with Crippen LogP contribution in [0.3, 0.4) is 0 Å². The maximum absolute atomic E-state index is 13.4. The van der Waals surface area contributed by atoms with Gasteiger partial charge < -0.3 is 0 Å². The number of benzene rings is 2. The molecule has 1 unspecified atom stereocenters. The zero-order valence-corrected chi connectivity index (χ0v) is 11.5. The van der Waals surface area contributed by atoms with E-state index in [0.717, 1.165) is 11.6 Å². The minimum Gasteiger partial charge on any atom is -0.292 e. The molecular formula is C16H11ClFNO. The molecule has 0 saturated heterocycles. The first kappa shape index (κ1) is 14.2. The zero-order chi connectivity index (χ0) is 14.7. The first-order valence-electron chi connectivity index (χ1n) is 5.98. The first-order valence-corrected chi connectivity index (χ1v) is 6.36. The van der Waals surface area contributed by atoms with Crippen LogP contribution in [0.1, 0.15) is 27.4 Å². The van der Waals surface area contributed by atoms with Gasteiger partial charge in [-0.3, -0.25) is 4.79 Å². The normalized spacial score (nSPS) is 11.7. The lowest BCUT2D eigenvalue weighted by atomic mass is 9.91. The standard InChI is InChI=1S/C16H11ClFNO/c1-10-3-2-4-11(7-10)13(9-19)16(20)12-5-6-14(17)15(18)8-12/h2-8,13H,1H3. The Kier molecular flexibility index (Phi) is 4.16. The number of nitrogens with zero attached hydrogens (tertiary/aromatic N) is 1. The SMILES string of the molecule is Cc1cccc(C(C#N)C(=O)c2ccc(Cl)c(F)c2)c1. The Hall–Kier alpha value is -2.18. The lowest BCUT2D eigenvalue weighted by Gasteiger charge is -2.10. The average molecular weight is 288 g/mol. The Morgan fingerprint density at radius 3 is 2.65 bits per heavy atom. The lowest BCUT2D eigenvalue weighted by molar-refractivity contribution is 0.0978. The van der Waals surface area contributed by atoms with Crippen molar-refractivity contribution in [2.24, 2.45) is 0 Å². The van der Waals surface area contributed by atoms with Crippen molar-refractivity contribution in [3.63, 3.8) is 0 Å². The van der Waals surface area contributed by atoms with Crippen LogP contribution < -0.4 is 0 Å². The Balaban J connectivity index is 2.39. The van der Waals surface area contributed by atoms with Gasteiger partial charge in [0.25, 0.3) is 0 Å². The van der Waals surface area contributed by atoms with Crippen molar-refractivity contribution < 1.29 is 9.18 Å². The van der Waals surface area contributed by atoms with E-state index in [1.165, 1.54) is 12.1 Å². The van der Waals surface area contributed by atoms with E-state index >= 15 is 0 Å². The van der Waals surface area contributed by atoms with Crippen LogP contribution in [0.4, 0.5) is 4.39 Å². The Morgan fingerprint density at radius 2 is 2.05 bits per heavy atom. The molecule has 0 aliphatic heterocycles. The number of aryl methyl sites for hydroxylation is 1. The highest BCUT2D eigenvalue weighted by atomic mass is 35.5. The molecule has 0 aliphatic rings. The van der Waals surface area contributed by atoms with Crippen molar-refractivity contribution in [1.29, 1.82) is 5.26 Å². The summed E-state index contributed by atoms with van der Waals surface area (Å²) in [7, 11) is 0. The highest BCUT2D eigenvalue weighted by Gasteiger charge is 2.22. The summed E-state index contributed by atoms with van der Waals surface area (Å²) in [6, 6.07) is 12.9. The molecule has 2 aromatic carbocycles. The van der Waals surface area contributed by atoms with E-state index in [1.54, 1.807) is 18.2 Å². The van der Waals surface area contributed by atoms with Crippen molar-refractivity contribution in [3.05, 3.63) is 70.0 Å². The van der Waals surface area contributed by atoms with Crippen LogP contribution in [-0.4, -0.2) is 5.78 Å². The summed E-state index contributed by atoms with van der Waals surface area (Å²) in [5, 5.41) is 9.18. The van der Waals surface area contributed by atoms with Crippen LogP contribution in [0.2, 0.25) is 5.02 Å². The Bertz CT molecular complexity index is 706. The van der Waals surface area contributed by atoms with E-state index in [-0.39, 0.29) is 10.6 Å². The number of hydrogen-bond donors (Lipinski definition) is 0. The molecule has 0 spiro atoms. The second-order valence-corrected chi connectivity index (χ2v) is 4.88. The smallest absolute Gasteiger partial charge is 0.184 e. The van der Waals surface area contributed by atoms with Gasteiger partial charge in [0.1, 0.15) is 11.7 Å². The predicted octanol–water partition coefficient (Wildman–Crippen LogP) is 4.28. The van der Waals surface area contributed by atoms with Gasteiger partial charge >= 0.3 is 0 Å². The molecule has 0 aromatic heterocycles. The summed E-state index contributed by atoms with van der Waals surface area (Å²) < 4.78 is 13.4. The summed E-state index contributed by atoms with van der Waals surface area (Å²) in [5.74, 6) is -2.05. The fourth-order valence-electron chi connectivity index (χ4n) is 1.95. The maximum atomic E-state index is 13.4. The number of halogens is 2. The van der Waals surface area contributed by atoms with Crippen LogP contribution >= 0.6 is 11.6 Å². The maximum Gasteiger partial charge on any atom is 0.184 e. The largest absolute Gasteiger partial charge is 0.292 e. The van der Waals surface area contributed by atoms with Gasteiger partial charge in [0.05, 0.1) is 11.1 Å². The van der Waals surface area contributed by atoms with Crippen LogP contribution in [0.25, 0.3) is 0 Å². The van der Waals surface area contributed by atoms with Gasteiger partial charge in [-0.1, -0.05) is 41.4 Å². The van der Waals surface area contributed by atoms with Crippen LogP contribution in [0.5, 0.6) is 0 Å². The molecule has 2 aromatic rings. The first-order chi connectivity index (χ1) is 9.52. The quantitative estimate of drug-likeness (QED) is 0.791. The van der Waals surface area contributed by atoms with Crippen LogP contribution in [0, 0.1) is 24.1 Å². The molecule has 0 radical (unpaired) electrons. The third kappa shape index (κ3) is 2.87. The van der Waals surface area contributed by atoms with Gasteiger partial charge in [0.15, 0.2) is 5.78 Å². The second kappa shape index (κ2) is 5.85. The van der Waals surface area contributed by atoms with E-state index in [2.05, 4.69) is 0 Å². The fraction of sp³-hybridized carbons (Fsp3) is 0.125. The molecule has 0 saturated carbocycles. The fourth-order valence-corrected chi connectivity index (χ4v) is 2.07. The van der Waals surface area contributed by atoms with Crippen molar-refractivity contribution >= 4 is 17.4 Å². The summed E-state index contributed by atoms with van der Waals surface area (Å²) in [5.41, 5.74) is 1.70. The molecule has 2 nitrogen and oxygen atoms in total. The third-order valence-electron chi connectivity index (χ3n) is 2.97. The number of Topliss-reactive ketones (excluding diaryl/α,β-unsaturated/α-hetero) is 1. The Labute approximate surface area is 121 Å². The number of carbonyl (C=O) groups is 1. The van der Waals surface area contributed by atoms with E-state index in [0.29, 0.717) is 5.56 Å². The topological polar surface area (TPSA) is 40.9 Å². The molecular weight excluding hydrogens is 277 g/mol. The summed E-state index contributed by atoms with van der Waals surface area (Å²) >= 11 is 5.59. The van der Waals surface area contributed by atoms with Gasteiger partial charge in [-0.25, -0.2) is 4.39 Å². The van der Waals surface area contributed by atoms with Crippen LogP contribution in [-0.2, 0) is 0 Å². The average Bonchev–Trinajstić information content (AvgIpc) is 2.42. The molecule has 20 heavy (non-hydrogen) atoms. The van der Waals surface area contributed by atoms with Crippen molar-refractivity contribution in [3.8, 4) is 6.07 Å². The lowest BCUT2D eigenvalue weighted by Crippen LogP contribution is -2.11. The van der Waals surface area contributed by atoms with E-state index in [4.69, 9.17) is 11.6 Å². The van der Waals surface area contributed by atoms with Crippen molar-refractivity contribution in [2.75, 3.05) is 0 Å². The molecule has 0 bridgehead atoms. The monoisotopic (exact) mass is 287 g/mol. The van der Waals surface area contributed by atoms with Gasteiger partial charge in [-0.15, -0.1) is 0 Å². The second-order valence-electron chi connectivity index (χ2n) is 4.47. The molecule has 0 aliphatic carbocycles. The Morgan fingerprint density at radius 1 is 1.30 bits per heavy atom. The van der Waals surface area contributed by atoms with E-state index in [9.17, 15) is 14.4 Å². The third-order valence-corrected chi connectivity index (χ3v) is 3.28. The molecule has 2 rings (SSSR count). The number of carbonyl (C=O) groups excluding carboxylic acids is 1. The highest BCUT2D eigenvalue weighted by molar-refractivity contribution is 6.30. The number of nitriles is 1. The molecule has 100 valence electrons. The molecule has 4 heteroatoms. The van der Waals surface area contributed by atoms with E-state index in [1.807, 2.05) is 19.1 Å². The highest BCUT2D eigenvalue weighted by Crippen LogP contribution is 2.23. The number of rotatable bonds is 3. The summed E-state index contributed by atoms with van der Waals surface area (Å²) in [6.45, 7) is 1.88. The molecule has 0 amide bonds. The summed E-state index contributed by atoms with van der Waals surface area (Å²) in [6.07, 6.45) is 0. The molecule has 0 fully saturated rings. The summed E-state index contributed by atoms with van der Waals surface area (Å²) in [4.78, 5) is 12.3. The van der Waals surface area contributed by atoms with Gasteiger partial charge in [-0.05, 0) is 30.7 Å². The number of ketones is 1. The minimum absolute atomic E-state index is 0.0504. The van der Waals surface area contributed by atoms with Gasteiger partial charge in [0, 0.05) is 5.56 Å². The van der Waals surface area contributed by atoms with Crippen molar-refractivity contribution in [2.45, 2.75) is 12.8 Å². The predicted molar refractivity (Wildman–Crippen MR) is 75.3 cm³/mol. The van der Waals surface area contributed by atoms with E-state index < -0.39 is 17.5 Å².